The summed E-state index contributed by atoms with van der Waals surface area (Å²) in [7, 11) is 0. The van der Waals surface area contributed by atoms with Gasteiger partial charge in [-0.05, 0) is 29.0 Å². The van der Waals surface area contributed by atoms with Crippen LogP contribution in [0.1, 0.15) is 31.9 Å². The molecule has 1 aliphatic heterocycles. The van der Waals surface area contributed by atoms with Gasteiger partial charge in [-0.15, -0.1) is 0 Å². The van der Waals surface area contributed by atoms with Crippen molar-refractivity contribution < 1.29 is 9.53 Å². The molecular weight excluding hydrogens is 252 g/mol. The monoisotopic (exact) mass is 276 g/mol. The third kappa shape index (κ3) is 4.44. The summed E-state index contributed by atoms with van der Waals surface area (Å²) in [5.74, 6) is 1.00. The SMILES string of the molecule is CC(C)(C)CNC(=O)NCCc1ccc2c(c1)CCO2. The molecule has 4 nitrogen and oxygen atoms in total. The Balaban J connectivity index is 1.72. The Morgan fingerprint density at radius 2 is 2.10 bits per heavy atom. The highest BCUT2D eigenvalue weighted by Gasteiger charge is 2.13. The zero-order valence-corrected chi connectivity index (χ0v) is 12.6. The maximum Gasteiger partial charge on any atom is 0.314 e. The molecule has 4 heteroatoms. The molecule has 0 saturated carbocycles. The average molecular weight is 276 g/mol. The van der Waals surface area contributed by atoms with Crippen molar-refractivity contribution in [2.45, 2.75) is 33.6 Å². The van der Waals surface area contributed by atoms with Crippen molar-refractivity contribution in [1.82, 2.24) is 10.6 Å². The minimum absolute atomic E-state index is 0.0931. The fourth-order valence-electron chi connectivity index (χ4n) is 2.12. The van der Waals surface area contributed by atoms with Crippen LogP contribution in [0.5, 0.6) is 5.75 Å². The van der Waals surface area contributed by atoms with Crippen LogP contribution in [0.2, 0.25) is 0 Å². The Morgan fingerprint density at radius 3 is 2.85 bits per heavy atom. The zero-order chi connectivity index (χ0) is 14.6. The molecule has 1 aliphatic rings. The highest BCUT2D eigenvalue weighted by Crippen LogP contribution is 2.25. The molecule has 0 saturated heterocycles. The number of benzene rings is 1. The lowest BCUT2D eigenvalue weighted by atomic mass is 9.97. The first-order chi connectivity index (χ1) is 9.44. The lowest BCUT2D eigenvalue weighted by Crippen LogP contribution is -2.40. The molecule has 110 valence electrons. The van der Waals surface area contributed by atoms with Crippen LogP contribution in [0.4, 0.5) is 4.79 Å². The van der Waals surface area contributed by atoms with Gasteiger partial charge >= 0.3 is 6.03 Å². The average Bonchev–Trinajstić information content (AvgIpc) is 2.83. The minimum atomic E-state index is -0.0931. The fourth-order valence-corrected chi connectivity index (χ4v) is 2.12. The number of hydrogen-bond acceptors (Lipinski definition) is 2. The molecule has 0 aromatic heterocycles. The van der Waals surface area contributed by atoms with E-state index in [1.165, 1.54) is 11.1 Å². The van der Waals surface area contributed by atoms with Gasteiger partial charge in [0.25, 0.3) is 0 Å². The second kappa shape index (κ2) is 6.16. The quantitative estimate of drug-likeness (QED) is 0.887. The summed E-state index contributed by atoms with van der Waals surface area (Å²) in [4.78, 5) is 11.6. The first-order valence-electron chi connectivity index (χ1n) is 7.20. The third-order valence-corrected chi connectivity index (χ3v) is 3.23. The summed E-state index contributed by atoms with van der Waals surface area (Å²) in [5.41, 5.74) is 2.63. The van der Waals surface area contributed by atoms with Gasteiger partial charge in [-0.1, -0.05) is 32.9 Å². The van der Waals surface area contributed by atoms with Crippen LogP contribution in [0, 0.1) is 5.41 Å². The summed E-state index contributed by atoms with van der Waals surface area (Å²) >= 11 is 0. The van der Waals surface area contributed by atoms with E-state index in [1.54, 1.807) is 0 Å². The van der Waals surface area contributed by atoms with E-state index in [2.05, 4.69) is 43.5 Å². The molecule has 1 aromatic carbocycles. The van der Waals surface area contributed by atoms with E-state index in [0.717, 1.165) is 25.2 Å². The Hall–Kier alpha value is -1.71. The summed E-state index contributed by atoms with van der Waals surface area (Å²) in [6.07, 6.45) is 1.83. The third-order valence-electron chi connectivity index (χ3n) is 3.23. The van der Waals surface area contributed by atoms with Gasteiger partial charge in [0.1, 0.15) is 5.75 Å². The van der Waals surface area contributed by atoms with Crippen molar-refractivity contribution in [3.05, 3.63) is 29.3 Å². The van der Waals surface area contributed by atoms with Gasteiger partial charge < -0.3 is 15.4 Å². The molecule has 2 N–H and O–H groups in total. The van der Waals surface area contributed by atoms with Crippen molar-refractivity contribution in [1.29, 1.82) is 0 Å². The number of urea groups is 1. The lowest BCUT2D eigenvalue weighted by Gasteiger charge is -2.18. The van der Waals surface area contributed by atoms with E-state index in [-0.39, 0.29) is 11.4 Å². The molecule has 0 bridgehead atoms. The molecule has 1 aromatic rings. The number of carbonyl (C=O) groups excluding carboxylic acids is 1. The second-order valence-electron chi connectivity index (χ2n) is 6.46. The Bertz CT molecular complexity index is 478. The van der Waals surface area contributed by atoms with Gasteiger partial charge in [0, 0.05) is 19.5 Å². The maximum atomic E-state index is 11.6. The minimum Gasteiger partial charge on any atom is -0.493 e. The zero-order valence-electron chi connectivity index (χ0n) is 12.6. The van der Waals surface area contributed by atoms with E-state index < -0.39 is 0 Å². The molecule has 0 aliphatic carbocycles. The molecule has 1 heterocycles. The van der Waals surface area contributed by atoms with Gasteiger partial charge in [0.15, 0.2) is 0 Å². The maximum absolute atomic E-state index is 11.6. The first-order valence-corrected chi connectivity index (χ1v) is 7.20. The van der Waals surface area contributed by atoms with E-state index >= 15 is 0 Å². The normalized spacial score (nSPS) is 13.6. The fraction of sp³-hybridized carbons (Fsp3) is 0.562. The number of fused-ring (bicyclic) bond motifs is 1. The molecule has 0 atom stereocenters. The summed E-state index contributed by atoms with van der Waals surface area (Å²) in [6, 6.07) is 6.18. The molecule has 0 fully saturated rings. The van der Waals surface area contributed by atoms with Gasteiger partial charge in [0.2, 0.25) is 0 Å². The summed E-state index contributed by atoms with van der Waals surface area (Å²) < 4.78 is 5.48. The largest absolute Gasteiger partial charge is 0.493 e. The molecule has 0 unspecified atom stereocenters. The molecule has 0 spiro atoms. The second-order valence-corrected chi connectivity index (χ2v) is 6.46. The number of ether oxygens (including phenoxy) is 1. The summed E-state index contributed by atoms with van der Waals surface area (Å²) in [6.45, 7) is 8.40. The Labute approximate surface area is 120 Å². The van der Waals surface area contributed by atoms with Gasteiger partial charge in [-0.3, -0.25) is 0 Å². The highest BCUT2D eigenvalue weighted by atomic mass is 16.5. The standard InChI is InChI=1S/C16H24N2O2/c1-16(2,3)11-18-15(19)17-8-6-12-4-5-14-13(10-12)7-9-20-14/h4-5,10H,6-9,11H2,1-3H3,(H2,17,18,19). The Morgan fingerprint density at radius 1 is 1.30 bits per heavy atom. The molecule has 20 heavy (non-hydrogen) atoms. The predicted molar refractivity (Wildman–Crippen MR) is 80.2 cm³/mol. The molecular formula is C16H24N2O2. The number of amides is 2. The van der Waals surface area contributed by atoms with Crippen LogP contribution in [0.15, 0.2) is 18.2 Å². The predicted octanol–water partition coefficient (Wildman–Crippen LogP) is 2.51. The molecule has 2 rings (SSSR count). The van der Waals surface area contributed by atoms with Crippen LogP contribution in [0.25, 0.3) is 0 Å². The van der Waals surface area contributed by atoms with Gasteiger partial charge in [-0.25, -0.2) is 4.79 Å². The highest BCUT2D eigenvalue weighted by molar-refractivity contribution is 5.73. The van der Waals surface area contributed by atoms with Crippen LogP contribution >= 0.6 is 0 Å². The Kier molecular flexibility index (Phi) is 4.53. The van der Waals surface area contributed by atoms with Crippen LogP contribution in [0.3, 0.4) is 0 Å². The molecule has 0 radical (unpaired) electrons. The summed E-state index contributed by atoms with van der Waals surface area (Å²) in [5, 5.41) is 5.77. The van der Waals surface area contributed by atoms with Crippen LogP contribution < -0.4 is 15.4 Å². The van der Waals surface area contributed by atoms with Gasteiger partial charge in [-0.2, -0.15) is 0 Å². The molecule has 2 amide bonds. The number of hydrogen-bond donors (Lipinski definition) is 2. The number of rotatable bonds is 4. The van der Waals surface area contributed by atoms with Crippen molar-refractivity contribution in [2.24, 2.45) is 5.41 Å². The number of nitrogens with one attached hydrogen (secondary N) is 2. The van der Waals surface area contributed by atoms with Crippen LogP contribution in [-0.4, -0.2) is 25.7 Å². The first kappa shape index (κ1) is 14.7. The van der Waals surface area contributed by atoms with Crippen molar-refractivity contribution in [3.63, 3.8) is 0 Å². The van der Waals surface area contributed by atoms with Crippen molar-refractivity contribution in [2.75, 3.05) is 19.7 Å². The lowest BCUT2D eigenvalue weighted by molar-refractivity contribution is 0.235. The van der Waals surface area contributed by atoms with E-state index in [9.17, 15) is 4.79 Å². The van der Waals surface area contributed by atoms with E-state index in [1.807, 2.05) is 6.07 Å². The van der Waals surface area contributed by atoms with Crippen molar-refractivity contribution in [3.8, 4) is 5.75 Å². The topological polar surface area (TPSA) is 50.4 Å². The smallest absolute Gasteiger partial charge is 0.314 e. The van der Waals surface area contributed by atoms with E-state index in [4.69, 9.17) is 4.74 Å². The van der Waals surface area contributed by atoms with Gasteiger partial charge in [0.05, 0.1) is 6.61 Å². The number of carbonyl (C=O) groups is 1. The van der Waals surface area contributed by atoms with E-state index in [0.29, 0.717) is 13.1 Å². The van der Waals surface area contributed by atoms with Crippen molar-refractivity contribution >= 4 is 6.03 Å². The van der Waals surface area contributed by atoms with Crippen LogP contribution in [-0.2, 0) is 12.8 Å².